The molecule has 1 amide bonds. The van der Waals surface area contributed by atoms with E-state index in [2.05, 4.69) is 39.9 Å². The zero-order valence-electron chi connectivity index (χ0n) is 17.6. The van der Waals surface area contributed by atoms with E-state index >= 15 is 0 Å². The van der Waals surface area contributed by atoms with Gasteiger partial charge in [0.25, 0.3) is 5.91 Å². The molecule has 0 aliphatic carbocycles. The van der Waals surface area contributed by atoms with Gasteiger partial charge in [0.2, 0.25) is 0 Å². The van der Waals surface area contributed by atoms with Crippen LogP contribution in [0.15, 0.2) is 24.3 Å². The predicted octanol–water partition coefficient (Wildman–Crippen LogP) is 5.67. The summed E-state index contributed by atoms with van der Waals surface area (Å²) in [4.78, 5) is 13.2. The molecule has 1 rings (SSSR count). The minimum absolute atomic E-state index is 0.0501. The molecule has 0 unspecified atom stereocenters. The van der Waals surface area contributed by atoms with Crippen LogP contribution < -0.4 is 10.1 Å². The molecule has 0 radical (unpaired) electrons. The number of carbonyl (C=O) groups is 1. The average Bonchev–Trinajstić information content (AvgIpc) is 2.52. The Balaban J connectivity index is 2.98. The second kappa shape index (κ2) is 10.6. The van der Waals surface area contributed by atoms with E-state index in [0.29, 0.717) is 31.3 Å². The Hall–Kier alpha value is -1.55. The van der Waals surface area contributed by atoms with Gasteiger partial charge in [0.15, 0.2) is 0 Å². The molecule has 0 heterocycles. The average molecular weight is 364 g/mol. The first-order chi connectivity index (χ1) is 12.2. The standard InChI is InChI=1S/C22H37NO3/c1-8-13-25-22(14-16(2)3,15-17(4)5)21(24)23-19-9-11-20(12-10-19)26-18(6)7/h9-12,16-18H,8,13-15H2,1-7H3,(H,23,24). The molecule has 1 aromatic rings. The van der Waals surface area contributed by atoms with Gasteiger partial charge in [-0.25, -0.2) is 0 Å². The first kappa shape index (κ1) is 22.5. The molecule has 4 nitrogen and oxygen atoms in total. The smallest absolute Gasteiger partial charge is 0.256 e. The maximum Gasteiger partial charge on any atom is 0.256 e. The molecule has 0 spiro atoms. The minimum atomic E-state index is -0.786. The van der Waals surface area contributed by atoms with Crippen LogP contribution >= 0.6 is 0 Å². The number of hydrogen-bond acceptors (Lipinski definition) is 3. The Kier molecular flexibility index (Phi) is 9.14. The van der Waals surface area contributed by atoms with Crippen LogP contribution in [0.3, 0.4) is 0 Å². The molecule has 0 aliphatic rings. The lowest BCUT2D eigenvalue weighted by atomic mass is 9.83. The van der Waals surface area contributed by atoms with Crippen molar-refractivity contribution in [2.24, 2.45) is 11.8 Å². The molecule has 0 saturated heterocycles. The lowest BCUT2D eigenvalue weighted by Crippen LogP contribution is -2.47. The highest BCUT2D eigenvalue weighted by Crippen LogP contribution is 2.31. The van der Waals surface area contributed by atoms with Crippen molar-refractivity contribution in [3.05, 3.63) is 24.3 Å². The molecule has 0 aliphatic heterocycles. The summed E-state index contributed by atoms with van der Waals surface area (Å²) < 4.78 is 11.8. The Bertz CT molecular complexity index is 525. The van der Waals surface area contributed by atoms with Crippen molar-refractivity contribution in [3.8, 4) is 5.75 Å². The van der Waals surface area contributed by atoms with Gasteiger partial charge in [0.1, 0.15) is 11.4 Å². The van der Waals surface area contributed by atoms with Crippen molar-refractivity contribution in [2.45, 2.75) is 79.4 Å². The first-order valence-corrected chi connectivity index (χ1v) is 9.90. The maximum atomic E-state index is 13.2. The fraction of sp³-hybridized carbons (Fsp3) is 0.682. The molecule has 26 heavy (non-hydrogen) atoms. The number of benzene rings is 1. The van der Waals surface area contributed by atoms with Crippen molar-refractivity contribution in [2.75, 3.05) is 11.9 Å². The molecule has 0 aromatic heterocycles. The highest BCUT2D eigenvalue weighted by molar-refractivity contribution is 5.97. The van der Waals surface area contributed by atoms with E-state index in [-0.39, 0.29) is 12.0 Å². The SMILES string of the molecule is CCCOC(CC(C)C)(CC(C)C)C(=O)Nc1ccc(OC(C)C)cc1. The summed E-state index contributed by atoms with van der Waals surface area (Å²) >= 11 is 0. The van der Waals surface area contributed by atoms with E-state index in [1.807, 2.05) is 38.1 Å². The van der Waals surface area contributed by atoms with Gasteiger partial charge >= 0.3 is 0 Å². The highest BCUT2D eigenvalue weighted by atomic mass is 16.5. The molecule has 148 valence electrons. The van der Waals surface area contributed by atoms with Crippen molar-refractivity contribution < 1.29 is 14.3 Å². The second-order valence-corrected chi connectivity index (χ2v) is 8.18. The minimum Gasteiger partial charge on any atom is -0.491 e. The normalized spacial score (nSPS) is 12.1. The molecule has 1 N–H and O–H groups in total. The summed E-state index contributed by atoms with van der Waals surface area (Å²) in [6, 6.07) is 7.53. The summed E-state index contributed by atoms with van der Waals surface area (Å²) in [6.45, 7) is 15.2. The summed E-state index contributed by atoms with van der Waals surface area (Å²) in [5.74, 6) is 1.50. The van der Waals surface area contributed by atoms with Crippen molar-refractivity contribution in [3.63, 3.8) is 0 Å². The topological polar surface area (TPSA) is 47.6 Å². The molecule has 0 fully saturated rings. The van der Waals surface area contributed by atoms with Crippen LogP contribution in [-0.2, 0) is 9.53 Å². The Labute approximate surface area is 159 Å². The van der Waals surface area contributed by atoms with Crippen molar-refractivity contribution >= 4 is 11.6 Å². The fourth-order valence-corrected chi connectivity index (χ4v) is 3.20. The van der Waals surface area contributed by atoms with E-state index < -0.39 is 5.60 Å². The molecule has 0 bridgehead atoms. The number of anilines is 1. The molecule has 1 aromatic carbocycles. The number of ether oxygens (including phenoxy) is 2. The van der Waals surface area contributed by atoms with Gasteiger partial charge in [-0.15, -0.1) is 0 Å². The summed E-state index contributed by atoms with van der Waals surface area (Å²) in [7, 11) is 0. The molecule has 4 heteroatoms. The second-order valence-electron chi connectivity index (χ2n) is 8.18. The van der Waals surface area contributed by atoms with E-state index in [9.17, 15) is 4.79 Å². The van der Waals surface area contributed by atoms with E-state index in [1.54, 1.807) is 0 Å². The Morgan fingerprint density at radius 2 is 1.54 bits per heavy atom. The van der Waals surface area contributed by atoms with Crippen molar-refractivity contribution in [1.29, 1.82) is 0 Å². The van der Waals surface area contributed by atoms with E-state index in [4.69, 9.17) is 9.47 Å². The quantitative estimate of drug-likeness (QED) is 0.551. The van der Waals surface area contributed by atoms with Crippen molar-refractivity contribution in [1.82, 2.24) is 0 Å². The van der Waals surface area contributed by atoms with Gasteiger partial charge in [-0.2, -0.15) is 0 Å². The van der Waals surface area contributed by atoms with Crippen LogP contribution in [0.4, 0.5) is 5.69 Å². The van der Waals surface area contributed by atoms with Crippen LogP contribution in [-0.4, -0.2) is 24.2 Å². The summed E-state index contributed by atoms with van der Waals surface area (Å²) in [6.07, 6.45) is 2.45. The number of nitrogens with one attached hydrogen (secondary N) is 1. The van der Waals surface area contributed by atoms with Crippen LogP contribution in [0.5, 0.6) is 5.75 Å². The molecule has 0 saturated carbocycles. The van der Waals surface area contributed by atoms with Gasteiger partial charge in [-0.3, -0.25) is 4.79 Å². The monoisotopic (exact) mass is 363 g/mol. The number of carbonyl (C=O) groups excluding carboxylic acids is 1. The van der Waals surface area contributed by atoms with Gasteiger partial charge in [-0.05, 0) is 69.2 Å². The number of hydrogen-bond donors (Lipinski definition) is 1. The van der Waals surface area contributed by atoms with Gasteiger partial charge in [0, 0.05) is 12.3 Å². The zero-order valence-corrected chi connectivity index (χ0v) is 17.6. The number of rotatable bonds is 11. The Morgan fingerprint density at radius 1 is 1.00 bits per heavy atom. The third-order valence-corrected chi connectivity index (χ3v) is 3.96. The summed E-state index contributed by atoms with van der Waals surface area (Å²) in [5.41, 5.74) is -0.0195. The van der Waals surface area contributed by atoms with Gasteiger partial charge in [-0.1, -0.05) is 34.6 Å². The van der Waals surface area contributed by atoms with Gasteiger partial charge in [0.05, 0.1) is 6.10 Å². The lowest BCUT2D eigenvalue weighted by molar-refractivity contribution is -0.147. The largest absolute Gasteiger partial charge is 0.491 e. The molecular weight excluding hydrogens is 326 g/mol. The Morgan fingerprint density at radius 3 is 1.96 bits per heavy atom. The van der Waals surface area contributed by atoms with Gasteiger partial charge < -0.3 is 14.8 Å². The van der Waals surface area contributed by atoms with Crippen LogP contribution in [0, 0.1) is 11.8 Å². The van der Waals surface area contributed by atoms with E-state index in [0.717, 1.165) is 17.9 Å². The van der Waals surface area contributed by atoms with Crippen LogP contribution in [0.2, 0.25) is 0 Å². The van der Waals surface area contributed by atoms with E-state index in [1.165, 1.54) is 0 Å². The van der Waals surface area contributed by atoms with Crippen LogP contribution in [0.1, 0.15) is 67.7 Å². The maximum absolute atomic E-state index is 13.2. The third kappa shape index (κ3) is 7.36. The lowest BCUT2D eigenvalue weighted by Gasteiger charge is -2.35. The predicted molar refractivity (Wildman–Crippen MR) is 109 cm³/mol. The fourth-order valence-electron chi connectivity index (χ4n) is 3.20. The highest BCUT2D eigenvalue weighted by Gasteiger charge is 2.40. The zero-order chi connectivity index (χ0) is 19.7. The summed E-state index contributed by atoms with van der Waals surface area (Å²) in [5, 5.41) is 3.06. The third-order valence-electron chi connectivity index (χ3n) is 3.96. The molecule has 0 atom stereocenters. The first-order valence-electron chi connectivity index (χ1n) is 9.90. The molecular formula is C22H37NO3. The number of amides is 1. The van der Waals surface area contributed by atoms with Crippen LogP contribution in [0.25, 0.3) is 0 Å².